The molecule has 0 aromatic carbocycles. The molecule has 0 saturated carbocycles. The Bertz CT molecular complexity index is 870. The Labute approximate surface area is 143 Å². The predicted molar refractivity (Wildman–Crippen MR) is 90.1 cm³/mol. The van der Waals surface area contributed by atoms with E-state index in [4.69, 9.17) is 4.42 Å². The fourth-order valence-corrected chi connectivity index (χ4v) is 5.44. The van der Waals surface area contributed by atoms with Crippen LogP contribution in [-0.2, 0) is 9.84 Å². The molecule has 0 aliphatic carbocycles. The molecule has 2 amide bonds. The van der Waals surface area contributed by atoms with Gasteiger partial charge in [0.1, 0.15) is 0 Å². The van der Waals surface area contributed by atoms with Gasteiger partial charge in [0.2, 0.25) is 0 Å². The smallest absolute Gasteiger partial charge is 0.291 e. The van der Waals surface area contributed by atoms with Crippen molar-refractivity contribution in [3.8, 4) is 0 Å². The lowest BCUT2D eigenvalue weighted by molar-refractivity contribution is 0.0918. The molecule has 1 atom stereocenters. The number of amides is 2. The second-order valence-corrected chi connectivity index (χ2v) is 9.22. The van der Waals surface area contributed by atoms with Crippen LogP contribution >= 0.6 is 11.3 Å². The zero-order valence-corrected chi connectivity index (χ0v) is 14.5. The van der Waals surface area contributed by atoms with Crippen LogP contribution < -0.4 is 10.6 Å². The van der Waals surface area contributed by atoms with Gasteiger partial charge in [0.25, 0.3) is 11.8 Å². The van der Waals surface area contributed by atoms with Crippen molar-refractivity contribution >= 4 is 38.0 Å². The van der Waals surface area contributed by atoms with E-state index in [9.17, 15) is 18.0 Å². The van der Waals surface area contributed by atoms with Crippen molar-refractivity contribution in [3.05, 3.63) is 41.2 Å². The van der Waals surface area contributed by atoms with E-state index in [1.807, 2.05) is 0 Å². The first-order valence-electron chi connectivity index (χ1n) is 7.24. The molecule has 7 nitrogen and oxygen atoms in total. The normalized spacial score (nSPS) is 22.2. The van der Waals surface area contributed by atoms with Crippen molar-refractivity contribution in [2.24, 2.45) is 0 Å². The SMILES string of the molecule is CC1(NC(=O)c2ccc(NC(=O)c3ccco3)s2)CCS(=O)(=O)C1. The molecule has 0 bridgehead atoms. The number of thiophene rings is 1. The quantitative estimate of drug-likeness (QED) is 0.857. The van der Waals surface area contributed by atoms with Crippen LogP contribution in [0.5, 0.6) is 0 Å². The van der Waals surface area contributed by atoms with E-state index in [0.29, 0.717) is 16.3 Å². The molecule has 2 aromatic rings. The minimum Gasteiger partial charge on any atom is -0.459 e. The first-order chi connectivity index (χ1) is 11.3. The molecule has 1 unspecified atom stereocenters. The van der Waals surface area contributed by atoms with Gasteiger partial charge in [-0.05, 0) is 37.6 Å². The van der Waals surface area contributed by atoms with Gasteiger partial charge >= 0.3 is 0 Å². The van der Waals surface area contributed by atoms with Gasteiger partial charge in [-0.1, -0.05) is 0 Å². The summed E-state index contributed by atoms with van der Waals surface area (Å²) < 4.78 is 28.2. The van der Waals surface area contributed by atoms with Gasteiger partial charge < -0.3 is 15.1 Å². The third-order valence-electron chi connectivity index (χ3n) is 3.73. The first kappa shape index (κ1) is 16.7. The van der Waals surface area contributed by atoms with E-state index < -0.39 is 21.3 Å². The molecule has 3 heterocycles. The van der Waals surface area contributed by atoms with Gasteiger partial charge in [0.15, 0.2) is 15.6 Å². The van der Waals surface area contributed by atoms with Gasteiger partial charge in [-0.3, -0.25) is 9.59 Å². The number of nitrogens with one attached hydrogen (secondary N) is 2. The third kappa shape index (κ3) is 3.68. The lowest BCUT2D eigenvalue weighted by Crippen LogP contribution is -2.46. The van der Waals surface area contributed by atoms with Gasteiger partial charge in [0, 0.05) is 0 Å². The Morgan fingerprint density at radius 1 is 1.25 bits per heavy atom. The summed E-state index contributed by atoms with van der Waals surface area (Å²) in [6, 6.07) is 6.36. The van der Waals surface area contributed by atoms with Crippen LogP contribution in [0.2, 0.25) is 0 Å². The summed E-state index contributed by atoms with van der Waals surface area (Å²) in [6.45, 7) is 1.72. The molecule has 0 spiro atoms. The monoisotopic (exact) mass is 368 g/mol. The number of carbonyl (C=O) groups excluding carboxylic acids is 2. The van der Waals surface area contributed by atoms with Crippen LogP contribution in [0.25, 0.3) is 0 Å². The molecule has 128 valence electrons. The van der Waals surface area contributed by atoms with Crippen LogP contribution in [0.1, 0.15) is 33.6 Å². The number of sulfone groups is 1. The Balaban J connectivity index is 1.65. The fraction of sp³-hybridized carbons (Fsp3) is 0.333. The second-order valence-electron chi connectivity index (χ2n) is 5.95. The number of carbonyl (C=O) groups is 2. The summed E-state index contributed by atoms with van der Waals surface area (Å²) in [5.41, 5.74) is -0.752. The molecule has 2 N–H and O–H groups in total. The number of anilines is 1. The fourth-order valence-electron chi connectivity index (χ4n) is 2.55. The van der Waals surface area contributed by atoms with Crippen molar-refractivity contribution in [1.29, 1.82) is 0 Å². The minimum absolute atomic E-state index is 0.0563. The number of hydrogen-bond donors (Lipinski definition) is 2. The standard InChI is InChI=1S/C15H16N2O5S2/c1-15(6-8-24(20,21)9-15)17-14(19)11-4-5-12(23-11)16-13(18)10-3-2-7-22-10/h2-5,7H,6,8-9H2,1H3,(H,16,18)(H,17,19). The highest BCUT2D eigenvalue weighted by Crippen LogP contribution is 2.26. The molecule has 24 heavy (non-hydrogen) atoms. The third-order valence-corrected chi connectivity index (χ3v) is 6.63. The van der Waals surface area contributed by atoms with E-state index in [1.54, 1.807) is 25.1 Å². The van der Waals surface area contributed by atoms with Gasteiger partial charge in [-0.15, -0.1) is 11.3 Å². The summed E-state index contributed by atoms with van der Waals surface area (Å²) in [5.74, 6) is -0.545. The summed E-state index contributed by atoms with van der Waals surface area (Å²) in [7, 11) is -3.10. The maximum Gasteiger partial charge on any atom is 0.291 e. The number of hydrogen-bond acceptors (Lipinski definition) is 6. The van der Waals surface area contributed by atoms with Crippen molar-refractivity contribution in [3.63, 3.8) is 0 Å². The Kier molecular flexibility index (Phi) is 4.22. The molecule has 1 saturated heterocycles. The summed E-state index contributed by atoms with van der Waals surface area (Å²) >= 11 is 1.11. The average molecular weight is 368 g/mol. The van der Waals surface area contributed by atoms with Crippen LogP contribution in [0, 0.1) is 0 Å². The first-order valence-corrected chi connectivity index (χ1v) is 9.88. The molecule has 0 radical (unpaired) electrons. The molecular formula is C15H16N2O5S2. The Morgan fingerprint density at radius 2 is 2.04 bits per heavy atom. The topological polar surface area (TPSA) is 105 Å². The highest BCUT2D eigenvalue weighted by Gasteiger charge is 2.39. The average Bonchev–Trinajstić information content (AvgIpc) is 3.19. The molecule has 1 aliphatic heterocycles. The zero-order chi connectivity index (χ0) is 17.4. The number of rotatable bonds is 4. The van der Waals surface area contributed by atoms with Crippen LogP contribution in [0.4, 0.5) is 5.00 Å². The lowest BCUT2D eigenvalue weighted by Gasteiger charge is -2.23. The van der Waals surface area contributed by atoms with Gasteiger partial charge in [0.05, 0.1) is 33.2 Å². The zero-order valence-electron chi connectivity index (χ0n) is 12.9. The van der Waals surface area contributed by atoms with Crippen LogP contribution in [0.3, 0.4) is 0 Å². The van der Waals surface area contributed by atoms with Crippen molar-refractivity contribution in [1.82, 2.24) is 5.32 Å². The Hall–Kier alpha value is -2.13. The Morgan fingerprint density at radius 3 is 2.67 bits per heavy atom. The molecule has 1 aliphatic rings. The number of furan rings is 1. The molecule has 3 rings (SSSR count). The second kappa shape index (κ2) is 6.06. The van der Waals surface area contributed by atoms with E-state index >= 15 is 0 Å². The highest BCUT2D eigenvalue weighted by molar-refractivity contribution is 7.91. The van der Waals surface area contributed by atoms with E-state index in [-0.39, 0.29) is 23.2 Å². The van der Waals surface area contributed by atoms with Crippen molar-refractivity contribution in [2.45, 2.75) is 18.9 Å². The molecule has 9 heteroatoms. The largest absolute Gasteiger partial charge is 0.459 e. The van der Waals surface area contributed by atoms with E-state index in [2.05, 4.69) is 10.6 Å². The van der Waals surface area contributed by atoms with Gasteiger partial charge in [-0.2, -0.15) is 0 Å². The van der Waals surface area contributed by atoms with Crippen LogP contribution in [0.15, 0.2) is 34.9 Å². The minimum atomic E-state index is -3.10. The maximum atomic E-state index is 12.3. The van der Waals surface area contributed by atoms with Gasteiger partial charge in [-0.25, -0.2) is 8.42 Å². The summed E-state index contributed by atoms with van der Waals surface area (Å²) in [5, 5.41) is 5.93. The lowest BCUT2D eigenvalue weighted by atomic mass is 10.0. The van der Waals surface area contributed by atoms with Crippen molar-refractivity contribution < 1.29 is 22.4 Å². The molecular weight excluding hydrogens is 352 g/mol. The molecule has 2 aromatic heterocycles. The van der Waals surface area contributed by atoms with E-state index in [1.165, 1.54) is 12.3 Å². The predicted octanol–water partition coefficient (Wildman–Crippen LogP) is 1.90. The van der Waals surface area contributed by atoms with Crippen molar-refractivity contribution in [2.75, 3.05) is 16.8 Å². The maximum absolute atomic E-state index is 12.3. The summed E-state index contributed by atoms with van der Waals surface area (Å²) in [6.07, 6.45) is 1.80. The van der Waals surface area contributed by atoms with Crippen LogP contribution in [-0.4, -0.2) is 37.3 Å². The highest BCUT2D eigenvalue weighted by atomic mass is 32.2. The van der Waals surface area contributed by atoms with E-state index in [0.717, 1.165) is 11.3 Å². The summed E-state index contributed by atoms with van der Waals surface area (Å²) in [4.78, 5) is 24.6. The molecule has 1 fully saturated rings.